The fraction of sp³-hybridized carbons (Fsp3) is 0. The summed E-state index contributed by atoms with van der Waals surface area (Å²) >= 11 is 0. The molecule has 15 heavy (non-hydrogen) atoms. The normalized spacial score (nSPS) is 10.3. The summed E-state index contributed by atoms with van der Waals surface area (Å²) in [5.74, 6) is -1.43. The first-order valence-corrected chi connectivity index (χ1v) is 4.06. The topological polar surface area (TPSA) is 43.1 Å². The second-order valence-corrected chi connectivity index (χ2v) is 2.84. The van der Waals surface area contributed by atoms with E-state index in [1.807, 2.05) is 0 Å². The number of aldehydes is 1. The molecule has 1 aromatic heterocycles. The molecule has 5 heteroatoms. The molecule has 0 radical (unpaired) electrons. The molecular formula is C10H5F2NO2. The lowest BCUT2D eigenvalue weighted by atomic mass is 10.2. The molecule has 0 bridgehead atoms. The van der Waals surface area contributed by atoms with E-state index < -0.39 is 11.6 Å². The van der Waals surface area contributed by atoms with Gasteiger partial charge in [-0.1, -0.05) is 0 Å². The van der Waals surface area contributed by atoms with Crippen LogP contribution >= 0.6 is 0 Å². The Labute approximate surface area is 83.4 Å². The molecule has 1 aromatic carbocycles. The second-order valence-electron chi connectivity index (χ2n) is 2.84. The summed E-state index contributed by atoms with van der Waals surface area (Å²) in [4.78, 5) is 14.0. The average Bonchev–Trinajstić information content (AvgIpc) is 2.64. The fourth-order valence-electron chi connectivity index (χ4n) is 1.15. The van der Waals surface area contributed by atoms with Crippen LogP contribution in [0.25, 0.3) is 11.5 Å². The predicted octanol–water partition coefficient (Wildman–Crippen LogP) is 2.43. The minimum Gasteiger partial charge on any atom is -0.433 e. The molecule has 0 fully saturated rings. The summed E-state index contributed by atoms with van der Waals surface area (Å²) in [5.41, 5.74) is 0.153. The lowest BCUT2D eigenvalue weighted by Crippen LogP contribution is -1.83. The van der Waals surface area contributed by atoms with Crippen molar-refractivity contribution >= 4 is 6.29 Å². The van der Waals surface area contributed by atoms with E-state index in [1.165, 1.54) is 6.20 Å². The van der Waals surface area contributed by atoms with E-state index in [9.17, 15) is 13.6 Å². The van der Waals surface area contributed by atoms with Gasteiger partial charge in [0.2, 0.25) is 5.89 Å². The molecule has 76 valence electrons. The molecule has 0 amide bonds. The Hall–Kier alpha value is -2.04. The van der Waals surface area contributed by atoms with Crippen molar-refractivity contribution in [2.24, 2.45) is 0 Å². The van der Waals surface area contributed by atoms with Gasteiger partial charge in [0.1, 0.15) is 11.6 Å². The van der Waals surface area contributed by atoms with Crippen molar-refractivity contribution in [2.75, 3.05) is 0 Å². The van der Waals surface area contributed by atoms with Crippen LogP contribution in [0.3, 0.4) is 0 Å². The van der Waals surface area contributed by atoms with E-state index in [-0.39, 0.29) is 17.2 Å². The number of nitrogens with zero attached hydrogens (tertiary/aromatic N) is 1. The van der Waals surface area contributed by atoms with E-state index in [4.69, 9.17) is 4.42 Å². The number of carbonyl (C=O) groups excluding carboxylic acids is 1. The van der Waals surface area contributed by atoms with Gasteiger partial charge >= 0.3 is 0 Å². The Morgan fingerprint density at radius 3 is 2.40 bits per heavy atom. The fourth-order valence-corrected chi connectivity index (χ4v) is 1.15. The maximum atomic E-state index is 12.8. The van der Waals surface area contributed by atoms with Crippen LogP contribution in [-0.4, -0.2) is 11.3 Å². The van der Waals surface area contributed by atoms with E-state index in [2.05, 4.69) is 4.98 Å². The highest BCUT2D eigenvalue weighted by Crippen LogP contribution is 2.20. The van der Waals surface area contributed by atoms with Crippen LogP contribution in [-0.2, 0) is 0 Å². The maximum absolute atomic E-state index is 12.8. The Kier molecular flexibility index (Phi) is 2.29. The van der Waals surface area contributed by atoms with Crippen molar-refractivity contribution in [1.29, 1.82) is 0 Å². The molecule has 0 aliphatic carbocycles. The summed E-state index contributed by atoms with van der Waals surface area (Å²) in [6.07, 6.45) is 1.65. The van der Waals surface area contributed by atoms with Crippen LogP contribution in [0.15, 0.2) is 28.8 Å². The van der Waals surface area contributed by atoms with Gasteiger partial charge in [0.15, 0.2) is 12.0 Å². The summed E-state index contributed by atoms with van der Waals surface area (Å²) in [7, 11) is 0. The Morgan fingerprint density at radius 2 is 1.87 bits per heavy atom. The molecule has 0 saturated heterocycles. The molecule has 3 nitrogen and oxygen atoms in total. The third-order valence-corrected chi connectivity index (χ3v) is 1.75. The Balaban J connectivity index is 2.48. The van der Waals surface area contributed by atoms with Crippen LogP contribution in [0.5, 0.6) is 0 Å². The number of aromatic nitrogens is 1. The molecule has 2 aromatic rings. The zero-order valence-electron chi connectivity index (χ0n) is 7.41. The van der Waals surface area contributed by atoms with Gasteiger partial charge in [-0.25, -0.2) is 13.8 Å². The van der Waals surface area contributed by atoms with E-state index in [1.54, 1.807) is 0 Å². The van der Waals surface area contributed by atoms with Crippen LogP contribution in [0.2, 0.25) is 0 Å². The van der Waals surface area contributed by atoms with Crippen molar-refractivity contribution in [3.8, 4) is 11.5 Å². The van der Waals surface area contributed by atoms with Crippen LogP contribution in [0.1, 0.15) is 10.6 Å². The maximum Gasteiger partial charge on any atom is 0.227 e. The minimum atomic E-state index is -0.726. The first-order chi connectivity index (χ1) is 7.19. The molecule has 0 aliphatic heterocycles. The van der Waals surface area contributed by atoms with E-state index in [0.717, 1.165) is 18.2 Å². The molecule has 2 rings (SSSR count). The lowest BCUT2D eigenvalue weighted by Gasteiger charge is -1.96. The zero-order valence-corrected chi connectivity index (χ0v) is 7.41. The minimum absolute atomic E-state index is 0.00895. The first kappa shape index (κ1) is 9.51. The highest BCUT2D eigenvalue weighted by molar-refractivity contribution is 5.71. The van der Waals surface area contributed by atoms with Gasteiger partial charge in [0, 0.05) is 11.6 Å². The van der Waals surface area contributed by atoms with Gasteiger partial charge in [-0.2, -0.15) is 0 Å². The summed E-state index contributed by atoms with van der Waals surface area (Å²) in [6.45, 7) is 0. The number of halogens is 2. The standard InChI is InChI=1S/C10H5F2NO2/c11-7-1-6(2-8(12)3-7)10-13-4-9(5-14)15-10/h1-5H. The molecule has 0 N–H and O–H groups in total. The average molecular weight is 209 g/mol. The molecule has 0 saturated carbocycles. The van der Waals surface area contributed by atoms with E-state index in [0.29, 0.717) is 6.29 Å². The summed E-state index contributed by atoms with van der Waals surface area (Å²) in [5, 5.41) is 0. The number of oxazole rings is 1. The smallest absolute Gasteiger partial charge is 0.227 e. The summed E-state index contributed by atoms with van der Waals surface area (Å²) in [6, 6.07) is 2.89. The van der Waals surface area contributed by atoms with Gasteiger partial charge < -0.3 is 4.42 Å². The molecule has 0 atom stereocenters. The molecular weight excluding hydrogens is 204 g/mol. The quantitative estimate of drug-likeness (QED) is 0.713. The van der Waals surface area contributed by atoms with Crippen LogP contribution < -0.4 is 0 Å². The Morgan fingerprint density at radius 1 is 1.20 bits per heavy atom. The molecule has 1 heterocycles. The highest BCUT2D eigenvalue weighted by Gasteiger charge is 2.08. The second kappa shape index (κ2) is 3.61. The van der Waals surface area contributed by atoms with Gasteiger partial charge in [-0.15, -0.1) is 0 Å². The zero-order chi connectivity index (χ0) is 10.8. The monoisotopic (exact) mass is 209 g/mol. The van der Waals surface area contributed by atoms with Crippen molar-refractivity contribution in [2.45, 2.75) is 0 Å². The SMILES string of the molecule is O=Cc1cnc(-c2cc(F)cc(F)c2)o1. The molecule has 0 aliphatic rings. The number of carbonyl (C=O) groups is 1. The van der Waals surface area contributed by atoms with Crippen LogP contribution in [0.4, 0.5) is 8.78 Å². The van der Waals surface area contributed by atoms with Crippen molar-refractivity contribution < 1.29 is 18.0 Å². The van der Waals surface area contributed by atoms with Crippen LogP contribution in [0, 0.1) is 11.6 Å². The first-order valence-electron chi connectivity index (χ1n) is 4.06. The molecule has 0 unspecified atom stereocenters. The van der Waals surface area contributed by atoms with Gasteiger partial charge in [-0.3, -0.25) is 4.79 Å². The van der Waals surface area contributed by atoms with Gasteiger partial charge in [0.25, 0.3) is 0 Å². The largest absolute Gasteiger partial charge is 0.433 e. The van der Waals surface area contributed by atoms with Crippen molar-refractivity contribution in [3.05, 3.63) is 41.8 Å². The van der Waals surface area contributed by atoms with Crippen molar-refractivity contribution in [1.82, 2.24) is 4.98 Å². The third kappa shape index (κ3) is 1.90. The van der Waals surface area contributed by atoms with Gasteiger partial charge in [-0.05, 0) is 12.1 Å². The van der Waals surface area contributed by atoms with Crippen molar-refractivity contribution in [3.63, 3.8) is 0 Å². The number of benzene rings is 1. The Bertz CT molecular complexity index is 488. The predicted molar refractivity (Wildman–Crippen MR) is 47.2 cm³/mol. The number of rotatable bonds is 2. The number of hydrogen-bond donors (Lipinski definition) is 0. The van der Waals surface area contributed by atoms with Gasteiger partial charge in [0.05, 0.1) is 6.20 Å². The third-order valence-electron chi connectivity index (χ3n) is 1.75. The lowest BCUT2D eigenvalue weighted by molar-refractivity contribution is 0.110. The summed E-state index contributed by atoms with van der Waals surface area (Å²) < 4.78 is 30.6. The highest BCUT2D eigenvalue weighted by atomic mass is 19.1. The molecule has 0 spiro atoms. The number of hydrogen-bond acceptors (Lipinski definition) is 3. The van der Waals surface area contributed by atoms with E-state index >= 15 is 0 Å².